The van der Waals surface area contributed by atoms with Gasteiger partial charge in [0.15, 0.2) is 0 Å². The second-order valence-electron chi connectivity index (χ2n) is 5.07. The summed E-state index contributed by atoms with van der Waals surface area (Å²) in [5.74, 6) is 0.928. The molecule has 1 aliphatic rings. The fourth-order valence-corrected chi connectivity index (χ4v) is 2.44. The first kappa shape index (κ1) is 14.0. The molecular weight excluding hydrogens is 198 g/mol. The molecule has 16 heavy (non-hydrogen) atoms. The Morgan fingerprint density at radius 1 is 1.31 bits per heavy atom. The molecule has 1 heterocycles. The minimum atomic E-state index is 0.623. The number of unbranched alkanes of at least 4 members (excludes halogenated alkanes) is 1. The van der Waals surface area contributed by atoms with Crippen LogP contribution in [0.15, 0.2) is 0 Å². The van der Waals surface area contributed by atoms with Gasteiger partial charge in [0.25, 0.3) is 0 Å². The first-order valence-electron chi connectivity index (χ1n) is 7.18. The van der Waals surface area contributed by atoms with E-state index in [-0.39, 0.29) is 0 Å². The van der Waals surface area contributed by atoms with Crippen molar-refractivity contribution >= 4 is 0 Å². The van der Waals surface area contributed by atoms with E-state index in [1.807, 2.05) is 0 Å². The quantitative estimate of drug-likeness (QED) is 0.686. The Morgan fingerprint density at radius 3 is 2.81 bits per heavy atom. The van der Waals surface area contributed by atoms with Gasteiger partial charge in [-0.05, 0) is 31.7 Å². The molecule has 0 amide bonds. The molecule has 0 saturated carbocycles. The van der Waals surface area contributed by atoms with Crippen LogP contribution in [0, 0.1) is 5.92 Å². The van der Waals surface area contributed by atoms with E-state index in [1.54, 1.807) is 0 Å². The maximum Gasteiger partial charge on any atom is 0.0619 e. The third kappa shape index (κ3) is 5.86. The Morgan fingerprint density at radius 2 is 2.19 bits per heavy atom. The Labute approximate surface area is 101 Å². The zero-order chi connectivity index (χ0) is 11.6. The first-order valence-corrected chi connectivity index (χ1v) is 7.18. The molecule has 2 heteroatoms. The lowest BCUT2D eigenvalue weighted by molar-refractivity contribution is 0.0700. The molecule has 0 aromatic heterocycles. The third-order valence-corrected chi connectivity index (χ3v) is 3.69. The molecule has 0 bridgehead atoms. The van der Waals surface area contributed by atoms with Gasteiger partial charge in [-0.25, -0.2) is 0 Å². The van der Waals surface area contributed by atoms with Gasteiger partial charge >= 0.3 is 0 Å². The van der Waals surface area contributed by atoms with Gasteiger partial charge < -0.3 is 10.1 Å². The monoisotopic (exact) mass is 227 g/mol. The predicted molar refractivity (Wildman–Crippen MR) is 69.8 cm³/mol. The van der Waals surface area contributed by atoms with Gasteiger partial charge in [0.2, 0.25) is 0 Å². The van der Waals surface area contributed by atoms with Crippen LogP contribution in [-0.4, -0.2) is 25.8 Å². The second kappa shape index (κ2) is 9.00. The van der Waals surface area contributed by atoms with Crippen molar-refractivity contribution < 1.29 is 4.74 Å². The van der Waals surface area contributed by atoms with Crippen molar-refractivity contribution in [1.29, 1.82) is 0 Å². The van der Waals surface area contributed by atoms with Gasteiger partial charge in [-0.1, -0.05) is 39.5 Å². The topological polar surface area (TPSA) is 21.3 Å². The highest BCUT2D eigenvalue weighted by atomic mass is 16.5. The number of rotatable bonds is 8. The van der Waals surface area contributed by atoms with Gasteiger partial charge in [0.1, 0.15) is 0 Å². The molecule has 2 unspecified atom stereocenters. The maximum atomic E-state index is 5.47. The smallest absolute Gasteiger partial charge is 0.0619 e. The number of nitrogens with one attached hydrogen (secondary N) is 1. The molecule has 0 aliphatic carbocycles. The molecule has 96 valence electrons. The van der Waals surface area contributed by atoms with Crippen molar-refractivity contribution in [2.45, 2.75) is 64.8 Å². The van der Waals surface area contributed by atoms with Gasteiger partial charge in [-0.3, -0.25) is 0 Å². The van der Waals surface area contributed by atoms with Crippen LogP contribution >= 0.6 is 0 Å². The molecule has 1 aliphatic heterocycles. The molecule has 1 saturated heterocycles. The SMILES string of the molecule is CCCCC(CC)CCNC1CCCOC1. The lowest BCUT2D eigenvalue weighted by atomic mass is 9.95. The Kier molecular flexibility index (Phi) is 7.87. The Hall–Kier alpha value is -0.0800. The molecular formula is C14H29NO. The summed E-state index contributed by atoms with van der Waals surface area (Å²) in [6, 6.07) is 0.623. The van der Waals surface area contributed by atoms with Gasteiger partial charge in [-0.15, -0.1) is 0 Å². The van der Waals surface area contributed by atoms with Crippen LogP contribution in [-0.2, 0) is 4.74 Å². The molecule has 2 nitrogen and oxygen atoms in total. The standard InChI is InChI=1S/C14H29NO/c1-3-5-7-13(4-2)9-10-15-14-8-6-11-16-12-14/h13-15H,3-12H2,1-2H3. The lowest BCUT2D eigenvalue weighted by Crippen LogP contribution is -2.37. The van der Waals surface area contributed by atoms with E-state index < -0.39 is 0 Å². The summed E-state index contributed by atoms with van der Waals surface area (Å²) in [4.78, 5) is 0. The van der Waals surface area contributed by atoms with Crippen molar-refractivity contribution in [2.24, 2.45) is 5.92 Å². The predicted octanol–water partition coefficient (Wildman–Crippen LogP) is 3.36. The van der Waals surface area contributed by atoms with Crippen LogP contribution in [0.5, 0.6) is 0 Å². The summed E-state index contributed by atoms with van der Waals surface area (Å²) >= 11 is 0. The van der Waals surface area contributed by atoms with Crippen molar-refractivity contribution in [3.05, 3.63) is 0 Å². The minimum absolute atomic E-state index is 0.623. The Balaban J connectivity index is 2.02. The molecule has 0 spiro atoms. The van der Waals surface area contributed by atoms with Crippen LogP contribution in [0.2, 0.25) is 0 Å². The van der Waals surface area contributed by atoms with E-state index in [0.29, 0.717) is 6.04 Å². The fraction of sp³-hybridized carbons (Fsp3) is 1.00. The molecule has 1 rings (SSSR count). The third-order valence-electron chi connectivity index (χ3n) is 3.69. The molecule has 0 aromatic rings. The summed E-state index contributed by atoms with van der Waals surface area (Å²) in [6.45, 7) is 7.67. The van der Waals surface area contributed by atoms with E-state index in [9.17, 15) is 0 Å². The van der Waals surface area contributed by atoms with E-state index >= 15 is 0 Å². The Bertz CT molecular complexity index is 155. The summed E-state index contributed by atoms with van der Waals surface area (Å²) in [7, 11) is 0. The summed E-state index contributed by atoms with van der Waals surface area (Å²) in [5.41, 5.74) is 0. The zero-order valence-electron chi connectivity index (χ0n) is 11.1. The maximum absolute atomic E-state index is 5.47. The normalized spacial score (nSPS) is 23.2. The van der Waals surface area contributed by atoms with Crippen LogP contribution in [0.25, 0.3) is 0 Å². The summed E-state index contributed by atoms with van der Waals surface area (Å²) in [5, 5.41) is 3.64. The molecule has 1 N–H and O–H groups in total. The van der Waals surface area contributed by atoms with Crippen LogP contribution in [0.4, 0.5) is 0 Å². The van der Waals surface area contributed by atoms with E-state index in [4.69, 9.17) is 4.74 Å². The average molecular weight is 227 g/mol. The van der Waals surface area contributed by atoms with Gasteiger partial charge in [0.05, 0.1) is 6.61 Å². The van der Waals surface area contributed by atoms with Crippen molar-refractivity contribution in [1.82, 2.24) is 5.32 Å². The lowest BCUT2D eigenvalue weighted by Gasteiger charge is -2.24. The van der Waals surface area contributed by atoms with Crippen LogP contribution in [0.3, 0.4) is 0 Å². The molecule has 0 aromatic carbocycles. The minimum Gasteiger partial charge on any atom is -0.380 e. The number of hydrogen-bond acceptors (Lipinski definition) is 2. The van der Waals surface area contributed by atoms with Crippen molar-refractivity contribution in [3.63, 3.8) is 0 Å². The first-order chi connectivity index (χ1) is 7.86. The highest BCUT2D eigenvalue weighted by Gasteiger charge is 2.13. The highest BCUT2D eigenvalue weighted by Crippen LogP contribution is 2.16. The molecule has 0 radical (unpaired) electrons. The van der Waals surface area contributed by atoms with Gasteiger partial charge in [-0.2, -0.15) is 0 Å². The van der Waals surface area contributed by atoms with E-state index in [1.165, 1.54) is 51.5 Å². The van der Waals surface area contributed by atoms with Crippen LogP contribution in [0.1, 0.15) is 58.8 Å². The van der Waals surface area contributed by atoms with Crippen molar-refractivity contribution in [2.75, 3.05) is 19.8 Å². The number of ether oxygens (including phenoxy) is 1. The number of hydrogen-bond donors (Lipinski definition) is 1. The highest BCUT2D eigenvalue weighted by molar-refractivity contribution is 4.70. The molecule has 2 atom stereocenters. The zero-order valence-corrected chi connectivity index (χ0v) is 11.1. The van der Waals surface area contributed by atoms with Gasteiger partial charge in [0, 0.05) is 12.6 Å². The van der Waals surface area contributed by atoms with E-state index in [2.05, 4.69) is 19.2 Å². The largest absolute Gasteiger partial charge is 0.380 e. The van der Waals surface area contributed by atoms with Crippen molar-refractivity contribution in [3.8, 4) is 0 Å². The average Bonchev–Trinajstić information content (AvgIpc) is 2.35. The van der Waals surface area contributed by atoms with E-state index in [0.717, 1.165) is 19.1 Å². The fourth-order valence-electron chi connectivity index (χ4n) is 2.44. The summed E-state index contributed by atoms with van der Waals surface area (Å²) < 4.78 is 5.47. The van der Waals surface area contributed by atoms with Crippen LogP contribution < -0.4 is 5.32 Å². The second-order valence-corrected chi connectivity index (χ2v) is 5.07. The molecule has 1 fully saturated rings. The summed E-state index contributed by atoms with van der Waals surface area (Å²) in [6.07, 6.45) is 9.34.